The summed E-state index contributed by atoms with van der Waals surface area (Å²) in [5, 5.41) is 4.02. The molecule has 0 spiro atoms. The Morgan fingerprint density at radius 1 is 1.30 bits per heavy atom. The Balaban J connectivity index is 2.14. The third kappa shape index (κ3) is 3.17. The standard InChI is InChI=1S/C13H18N4O2S/c1-10-8-12(14)9-11(2)13(10)20(18,19)16-5-7-17-6-3-4-15-17/h3-4,6,8-9,16H,5,7,14H2,1-2H3. The van der Waals surface area contributed by atoms with E-state index < -0.39 is 10.0 Å². The maximum absolute atomic E-state index is 12.3. The molecule has 108 valence electrons. The number of aromatic nitrogens is 2. The van der Waals surface area contributed by atoms with Gasteiger partial charge in [0.2, 0.25) is 10.0 Å². The molecule has 0 aliphatic rings. The second-order valence-corrected chi connectivity index (χ2v) is 6.35. The first kappa shape index (κ1) is 14.5. The second-order valence-electron chi connectivity index (χ2n) is 4.65. The summed E-state index contributed by atoms with van der Waals surface area (Å²) in [6.07, 6.45) is 3.44. The molecule has 7 heteroatoms. The summed E-state index contributed by atoms with van der Waals surface area (Å²) in [4.78, 5) is 0.298. The number of sulfonamides is 1. The SMILES string of the molecule is Cc1cc(N)cc(C)c1S(=O)(=O)NCCn1cccn1. The molecule has 1 aromatic carbocycles. The average Bonchev–Trinajstić information content (AvgIpc) is 2.79. The number of rotatable bonds is 5. The first-order valence-corrected chi connectivity index (χ1v) is 7.72. The number of nitrogens with two attached hydrogens (primary N) is 1. The van der Waals surface area contributed by atoms with E-state index in [4.69, 9.17) is 5.73 Å². The minimum atomic E-state index is -3.54. The zero-order chi connectivity index (χ0) is 14.8. The molecule has 0 aliphatic heterocycles. The fourth-order valence-electron chi connectivity index (χ4n) is 2.21. The van der Waals surface area contributed by atoms with Crippen LogP contribution in [-0.2, 0) is 16.6 Å². The van der Waals surface area contributed by atoms with Crippen LogP contribution in [0.15, 0.2) is 35.5 Å². The molecule has 0 atom stereocenters. The van der Waals surface area contributed by atoms with Crippen molar-refractivity contribution in [2.24, 2.45) is 0 Å². The van der Waals surface area contributed by atoms with Crippen molar-refractivity contribution in [3.63, 3.8) is 0 Å². The molecule has 2 aromatic rings. The third-order valence-electron chi connectivity index (χ3n) is 2.94. The van der Waals surface area contributed by atoms with E-state index in [1.165, 1.54) is 0 Å². The monoisotopic (exact) mass is 294 g/mol. The largest absolute Gasteiger partial charge is 0.399 e. The van der Waals surface area contributed by atoms with E-state index in [1.54, 1.807) is 49.1 Å². The molecule has 20 heavy (non-hydrogen) atoms. The van der Waals surface area contributed by atoms with Crippen LogP contribution < -0.4 is 10.5 Å². The lowest BCUT2D eigenvalue weighted by molar-refractivity contribution is 0.560. The molecule has 0 saturated heterocycles. The summed E-state index contributed by atoms with van der Waals surface area (Å²) in [5.74, 6) is 0. The summed E-state index contributed by atoms with van der Waals surface area (Å²) < 4.78 is 28.9. The molecule has 0 radical (unpaired) electrons. The first-order valence-electron chi connectivity index (χ1n) is 6.24. The van der Waals surface area contributed by atoms with Gasteiger partial charge in [0.05, 0.1) is 11.4 Å². The Kier molecular flexibility index (Phi) is 4.10. The van der Waals surface area contributed by atoms with Crippen molar-refractivity contribution in [2.75, 3.05) is 12.3 Å². The van der Waals surface area contributed by atoms with Crippen molar-refractivity contribution >= 4 is 15.7 Å². The first-order chi connectivity index (χ1) is 9.40. The highest BCUT2D eigenvalue weighted by Crippen LogP contribution is 2.22. The summed E-state index contributed by atoms with van der Waals surface area (Å²) in [7, 11) is -3.54. The van der Waals surface area contributed by atoms with E-state index in [0.717, 1.165) is 0 Å². The van der Waals surface area contributed by atoms with Gasteiger partial charge in [0.15, 0.2) is 0 Å². The number of nitrogens with zero attached hydrogens (tertiary/aromatic N) is 2. The maximum atomic E-state index is 12.3. The fourth-order valence-corrected chi connectivity index (χ4v) is 3.68. The summed E-state index contributed by atoms with van der Waals surface area (Å²) in [5.41, 5.74) is 7.57. The smallest absolute Gasteiger partial charge is 0.241 e. The normalized spacial score (nSPS) is 11.7. The van der Waals surface area contributed by atoms with Crippen LogP contribution in [0.1, 0.15) is 11.1 Å². The predicted molar refractivity (Wildman–Crippen MR) is 77.7 cm³/mol. The number of hydrogen-bond acceptors (Lipinski definition) is 4. The number of nitrogens with one attached hydrogen (secondary N) is 1. The molecule has 0 unspecified atom stereocenters. The molecule has 0 fully saturated rings. The summed E-state index contributed by atoms with van der Waals surface area (Å²) >= 11 is 0. The molecule has 0 saturated carbocycles. The van der Waals surface area contributed by atoms with Crippen LogP contribution in [0.3, 0.4) is 0 Å². The lowest BCUT2D eigenvalue weighted by Gasteiger charge is -2.13. The van der Waals surface area contributed by atoms with Crippen molar-refractivity contribution in [1.82, 2.24) is 14.5 Å². The Morgan fingerprint density at radius 2 is 1.95 bits per heavy atom. The quantitative estimate of drug-likeness (QED) is 0.807. The van der Waals surface area contributed by atoms with Crippen LogP contribution in [0.25, 0.3) is 0 Å². The lowest BCUT2D eigenvalue weighted by Crippen LogP contribution is -2.28. The average molecular weight is 294 g/mol. The van der Waals surface area contributed by atoms with Gasteiger partial charge in [0.1, 0.15) is 0 Å². The van der Waals surface area contributed by atoms with Gasteiger partial charge in [-0.1, -0.05) is 0 Å². The van der Waals surface area contributed by atoms with E-state index in [0.29, 0.717) is 28.3 Å². The van der Waals surface area contributed by atoms with E-state index in [2.05, 4.69) is 9.82 Å². The number of benzene rings is 1. The molecular formula is C13H18N4O2S. The molecule has 6 nitrogen and oxygen atoms in total. The Hall–Kier alpha value is -1.86. The van der Waals surface area contributed by atoms with Crippen LogP contribution >= 0.6 is 0 Å². The van der Waals surface area contributed by atoms with E-state index in [9.17, 15) is 8.42 Å². The van der Waals surface area contributed by atoms with Gasteiger partial charge >= 0.3 is 0 Å². The van der Waals surface area contributed by atoms with Crippen molar-refractivity contribution in [3.05, 3.63) is 41.7 Å². The predicted octanol–water partition coefficient (Wildman–Crippen LogP) is 1.06. The van der Waals surface area contributed by atoms with Crippen molar-refractivity contribution in [1.29, 1.82) is 0 Å². The fraction of sp³-hybridized carbons (Fsp3) is 0.308. The van der Waals surface area contributed by atoms with Crippen molar-refractivity contribution in [2.45, 2.75) is 25.3 Å². The van der Waals surface area contributed by atoms with Gasteiger partial charge in [0.25, 0.3) is 0 Å². The zero-order valence-corrected chi connectivity index (χ0v) is 12.3. The van der Waals surface area contributed by atoms with Crippen molar-refractivity contribution in [3.8, 4) is 0 Å². The highest BCUT2D eigenvalue weighted by atomic mass is 32.2. The number of aryl methyl sites for hydroxylation is 2. The number of anilines is 1. The lowest BCUT2D eigenvalue weighted by atomic mass is 10.1. The van der Waals surface area contributed by atoms with Gasteiger partial charge in [-0.3, -0.25) is 4.68 Å². The number of nitrogen functional groups attached to an aromatic ring is 1. The van der Waals surface area contributed by atoms with Gasteiger partial charge in [-0.05, 0) is 43.2 Å². The Morgan fingerprint density at radius 3 is 2.50 bits per heavy atom. The summed E-state index contributed by atoms with van der Waals surface area (Å²) in [6.45, 7) is 4.25. The van der Waals surface area contributed by atoms with Crippen LogP contribution in [0.2, 0.25) is 0 Å². The topological polar surface area (TPSA) is 90.0 Å². The van der Waals surface area contributed by atoms with Crippen molar-refractivity contribution < 1.29 is 8.42 Å². The van der Waals surface area contributed by atoms with Crippen LogP contribution in [0.5, 0.6) is 0 Å². The third-order valence-corrected chi connectivity index (χ3v) is 4.71. The van der Waals surface area contributed by atoms with Gasteiger partial charge in [-0.25, -0.2) is 13.1 Å². The minimum absolute atomic E-state index is 0.285. The van der Waals surface area contributed by atoms with Gasteiger partial charge in [0, 0.05) is 24.6 Å². The Bertz CT molecular complexity index is 670. The van der Waals surface area contributed by atoms with E-state index in [-0.39, 0.29) is 6.54 Å². The van der Waals surface area contributed by atoms with E-state index >= 15 is 0 Å². The van der Waals surface area contributed by atoms with Crippen LogP contribution in [0, 0.1) is 13.8 Å². The molecule has 1 aromatic heterocycles. The molecule has 1 heterocycles. The molecule has 0 aliphatic carbocycles. The molecule has 0 bridgehead atoms. The zero-order valence-electron chi connectivity index (χ0n) is 11.5. The highest BCUT2D eigenvalue weighted by molar-refractivity contribution is 7.89. The molecule has 2 rings (SSSR count). The highest BCUT2D eigenvalue weighted by Gasteiger charge is 2.19. The number of hydrogen-bond donors (Lipinski definition) is 2. The summed E-state index contributed by atoms with van der Waals surface area (Å²) in [6, 6.07) is 5.12. The van der Waals surface area contributed by atoms with Crippen LogP contribution in [-0.4, -0.2) is 24.7 Å². The minimum Gasteiger partial charge on any atom is -0.399 e. The molecule has 0 amide bonds. The van der Waals surface area contributed by atoms with E-state index in [1.807, 2.05) is 0 Å². The van der Waals surface area contributed by atoms with Crippen LogP contribution in [0.4, 0.5) is 5.69 Å². The molecule has 3 N–H and O–H groups in total. The second kappa shape index (κ2) is 5.64. The Labute approximate surface area is 118 Å². The van der Waals surface area contributed by atoms with Gasteiger partial charge in [-0.2, -0.15) is 5.10 Å². The molecular weight excluding hydrogens is 276 g/mol. The van der Waals surface area contributed by atoms with Gasteiger partial charge in [-0.15, -0.1) is 0 Å². The maximum Gasteiger partial charge on any atom is 0.241 e. The van der Waals surface area contributed by atoms with Gasteiger partial charge < -0.3 is 5.73 Å².